The number of nitrogens with one attached hydrogen (secondary N) is 1. The number of hydrogen-bond acceptors (Lipinski definition) is 6. The first-order chi connectivity index (χ1) is 17.0. The number of carbonyl (C=O) groups excluding carboxylic acids is 2. The molecule has 0 fully saturated rings. The van der Waals surface area contributed by atoms with E-state index in [1.807, 2.05) is 37.3 Å². The first kappa shape index (κ1) is 22.7. The van der Waals surface area contributed by atoms with Crippen molar-refractivity contribution in [2.45, 2.75) is 24.5 Å². The standard InChI is InChI=1S/C25H21FN6O2S/c1-16-14-22(33)28-20-4-2-3-5-21(20)31(16)23(34)15-35-25-30-29-24(17-10-12-27-13-11-17)32(25)19-8-6-18(26)7-9-19/h2-13,16H,14-15H2,1H3,(H,28,33)/t16-/m0/s1. The number of thioether (sulfide) groups is 1. The monoisotopic (exact) mass is 488 g/mol. The van der Waals surface area contributed by atoms with E-state index in [0.717, 1.165) is 5.56 Å². The highest BCUT2D eigenvalue weighted by Crippen LogP contribution is 2.33. The molecule has 10 heteroatoms. The summed E-state index contributed by atoms with van der Waals surface area (Å²) >= 11 is 1.23. The Hall–Kier alpha value is -4.05. The molecule has 0 saturated heterocycles. The van der Waals surface area contributed by atoms with Crippen LogP contribution in [0.5, 0.6) is 0 Å². The summed E-state index contributed by atoms with van der Waals surface area (Å²) in [5.41, 5.74) is 2.72. The van der Waals surface area contributed by atoms with Crippen LogP contribution < -0.4 is 10.2 Å². The molecule has 3 heterocycles. The Balaban J connectivity index is 1.46. The fourth-order valence-electron chi connectivity index (χ4n) is 4.04. The molecule has 5 rings (SSSR count). The fourth-order valence-corrected chi connectivity index (χ4v) is 4.85. The van der Waals surface area contributed by atoms with E-state index in [1.165, 1.54) is 23.9 Å². The highest BCUT2D eigenvalue weighted by Gasteiger charge is 2.30. The summed E-state index contributed by atoms with van der Waals surface area (Å²) in [5, 5.41) is 12.0. The molecule has 2 aromatic carbocycles. The smallest absolute Gasteiger partial charge is 0.237 e. The number of benzene rings is 2. The summed E-state index contributed by atoms with van der Waals surface area (Å²) in [5.74, 6) is -0.0230. The van der Waals surface area contributed by atoms with Gasteiger partial charge in [-0.3, -0.25) is 19.1 Å². The van der Waals surface area contributed by atoms with Crippen molar-refractivity contribution in [2.24, 2.45) is 0 Å². The largest absolute Gasteiger partial charge is 0.324 e. The molecule has 1 aliphatic heterocycles. The van der Waals surface area contributed by atoms with E-state index in [9.17, 15) is 14.0 Å². The van der Waals surface area contributed by atoms with E-state index in [4.69, 9.17) is 0 Å². The number of aromatic nitrogens is 4. The molecule has 0 saturated carbocycles. The Morgan fingerprint density at radius 2 is 1.83 bits per heavy atom. The van der Waals surface area contributed by atoms with Gasteiger partial charge < -0.3 is 10.2 Å². The van der Waals surface area contributed by atoms with Crippen LogP contribution in [0.3, 0.4) is 0 Å². The zero-order valence-electron chi connectivity index (χ0n) is 18.8. The fraction of sp³-hybridized carbons (Fsp3) is 0.160. The molecule has 1 N–H and O–H groups in total. The first-order valence-electron chi connectivity index (χ1n) is 11.0. The van der Waals surface area contributed by atoms with Crippen molar-refractivity contribution in [3.8, 4) is 17.1 Å². The van der Waals surface area contributed by atoms with E-state index in [0.29, 0.717) is 28.0 Å². The molecule has 8 nitrogen and oxygen atoms in total. The zero-order valence-corrected chi connectivity index (χ0v) is 19.6. The van der Waals surface area contributed by atoms with Crippen molar-refractivity contribution in [2.75, 3.05) is 16.0 Å². The lowest BCUT2D eigenvalue weighted by molar-refractivity contribution is -0.117. The number of nitrogens with zero attached hydrogens (tertiary/aromatic N) is 5. The SMILES string of the molecule is C[C@H]1CC(=O)Nc2ccccc2N1C(=O)CSc1nnc(-c2ccncc2)n1-c1ccc(F)cc1. The molecule has 1 aliphatic rings. The van der Waals surface area contributed by atoms with Crippen LogP contribution in [0, 0.1) is 5.82 Å². The van der Waals surface area contributed by atoms with Crippen molar-refractivity contribution in [3.63, 3.8) is 0 Å². The summed E-state index contributed by atoms with van der Waals surface area (Å²) in [6, 6.07) is 16.6. The molecule has 2 aromatic heterocycles. The van der Waals surface area contributed by atoms with Gasteiger partial charge in [-0.15, -0.1) is 10.2 Å². The van der Waals surface area contributed by atoms with Gasteiger partial charge in [-0.05, 0) is 55.5 Å². The third-order valence-corrected chi connectivity index (χ3v) is 6.52. The number of fused-ring (bicyclic) bond motifs is 1. The highest BCUT2D eigenvalue weighted by molar-refractivity contribution is 7.99. The molecule has 176 valence electrons. The highest BCUT2D eigenvalue weighted by atomic mass is 32.2. The van der Waals surface area contributed by atoms with Gasteiger partial charge in [0.25, 0.3) is 0 Å². The van der Waals surface area contributed by atoms with Crippen molar-refractivity contribution in [1.82, 2.24) is 19.7 Å². The molecule has 0 aliphatic carbocycles. The maximum absolute atomic E-state index is 13.6. The van der Waals surface area contributed by atoms with Crippen LogP contribution in [0.2, 0.25) is 0 Å². The average molecular weight is 489 g/mol. The van der Waals surface area contributed by atoms with Gasteiger partial charge in [0.1, 0.15) is 5.82 Å². The molecule has 0 bridgehead atoms. The number of carbonyl (C=O) groups is 2. The van der Waals surface area contributed by atoms with Crippen molar-refractivity contribution < 1.29 is 14.0 Å². The van der Waals surface area contributed by atoms with Gasteiger partial charge in [-0.2, -0.15) is 0 Å². The predicted octanol–water partition coefficient (Wildman–Crippen LogP) is 4.32. The van der Waals surface area contributed by atoms with Gasteiger partial charge in [-0.25, -0.2) is 4.39 Å². The Morgan fingerprint density at radius 1 is 1.09 bits per heavy atom. The minimum atomic E-state index is -0.353. The van der Waals surface area contributed by atoms with E-state index in [2.05, 4.69) is 20.5 Å². The minimum absolute atomic E-state index is 0.0720. The van der Waals surface area contributed by atoms with Crippen LogP contribution in [-0.2, 0) is 9.59 Å². The first-order valence-corrected chi connectivity index (χ1v) is 12.0. The molecule has 1 atom stereocenters. The van der Waals surface area contributed by atoms with Gasteiger partial charge in [0.05, 0.1) is 17.1 Å². The number of amides is 2. The number of halogens is 1. The maximum Gasteiger partial charge on any atom is 0.237 e. The van der Waals surface area contributed by atoms with Crippen LogP contribution >= 0.6 is 11.8 Å². The summed E-state index contributed by atoms with van der Waals surface area (Å²) in [6.45, 7) is 1.85. The third kappa shape index (κ3) is 4.65. The van der Waals surface area contributed by atoms with E-state index in [1.54, 1.807) is 40.1 Å². The molecule has 0 radical (unpaired) electrons. The molecule has 2 amide bonds. The number of rotatable bonds is 5. The molecule has 4 aromatic rings. The lowest BCUT2D eigenvalue weighted by atomic mass is 10.2. The normalized spacial score (nSPS) is 15.3. The van der Waals surface area contributed by atoms with Gasteiger partial charge >= 0.3 is 0 Å². The van der Waals surface area contributed by atoms with Crippen molar-refractivity contribution in [1.29, 1.82) is 0 Å². The van der Waals surface area contributed by atoms with Gasteiger partial charge in [0.15, 0.2) is 11.0 Å². The zero-order chi connectivity index (χ0) is 24.4. The summed E-state index contributed by atoms with van der Waals surface area (Å²) in [7, 11) is 0. The van der Waals surface area contributed by atoms with Crippen molar-refractivity contribution in [3.05, 3.63) is 78.9 Å². The quantitative estimate of drug-likeness (QED) is 0.421. The van der Waals surface area contributed by atoms with Gasteiger partial charge in [-0.1, -0.05) is 23.9 Å². The number of pyridine rings is 1. The lowest BCUT2D eigenvalue weighted by Gasteiger charge is -2.27. The summed E-state index contributed by atoms with van der Waals surface area (Å²) in [6.07, 6.45) is 3.51. The summed E-state index contributed by atoms with van der Waals surface area (Å²) in [4.78, 5) is 31.4. The second-order valence-corrected chi connectivity index (χ2v) is 8.97. The maximum atomic E-state index is 13.6. The lowest BCUT2D eigenvalue weighted by Crippen LogP contribution is -2.40. The molecular weight excluding hydrogens is 467 g/mol. The van der Waals surface area contributed by atoms with E-state index < -0.39 is 0 Å². The Bertz CT molecular complexity index is 1380. The van der Waals surface area contributed by atoms with E-state index >= 15 is 0 Å². The van der Waals surface area contributed by atoms with Crippen LogP contribution in [0.1, 0.15) is 13.3 Å². The van der Waals surface area contributed by atoms with Crippen LogP contribution in [0.4, 0.5) is 15.8 Å². The number of para-hydroxylation sites is 2. The number of anilines is 2. The molecular formula is C25H21FN6O2S. The molecule has 35 heavy (non-hydrogen) atoms. The number of hydrogen-bond donors (Lipinski definition) is 1. The topological polar surface area (TPSA) is 93.0 Å². The second kappa shape index (κ2) is 9.67. The summed E-state index contributed by atoms with van der Waals surface area (Å²) < 4.78 is 15.4. The predicted molar refractivity (Wildman–Crippen MR) is 132 cm³/mol. The molecule has 0 unspecified atom stereocenters. The van der Waals surface area contributed by atoms with Crippen LogP contribution in [0.15, 0.2) is 78.2 Å². The van der Waals surface area contributed by atoms with E-state index in [-0.39, 0.29) is 35.8 Å². The Labute approximate surface area is 205 Å². The van der Waals surface area contributed by atoms with Gasteiger partial charge in [0, 0.05) is 36.1 Å². The van der Waals surface area contributed by atoms with Crippen LogP contribution in [-0.4, -0.2) is 43.4 Å². The minimum Gasteiger partial charge on any atom is -0.324 e. The third-order valence-electron chi connectivity index (χ3n) is 5.61. The van der Waals surface area contributed by atoms with Crippen molar-refractivity contribution >= 4 is 35.0 Å². The second-order valence-electron chi connectivity index (χ2n) is 8.02. The Morgan fingerprint density at radius 3 is 2.60 bits per heavy atom. The van der Waals surface area contributed by atoms with Gasteiger partial charge in [0.2, 0.25) is 11.8 Å². The average Bonchev–Trinajstić information content (AvgIpc) is 3.23. The Kier molecular flexibility index (Phi) is 6.28. The van der Waals surface area contributed by atoms with Crippen LogP contribution in [0.25, 0.3) is 17.1 Å². The molecule has 0 spiro atoms.